The second kappa shape index (κ2) is 28.0. The van der Waals surface area contributed by atoms with Crippen molar-refractivity contribution in [1.29, 1.82) is 0 Å². The molecule has 8 N–H and O–H groups in total. The maximum absolute atomic E-state index is 15.0. The fourth-order valence-electron chi connectivity index (χ4n) is 12.6. The Morgan fingerprint density at radius 1 is 0.889 bits per heavy atom. The van der Waals surface area contributed by atoms with E-state index in [0.29, 0.717) is 80.7 Å². The Kier molecular flexibility index (Phi) is 20.8. The van der Waals surface area contributed by atoms with Crippen molar-refractivity contribution in [1.82, 2.24) is 45.8 Å². The number of hydrogen-bond donors (Lipinski definition) is 7. The predicted octanol–water partition coefficient (Wildman–Crippen LogP) is 4.46. The van der Waals surface area contributed by atoms with E-state index < -0.39 is 90.5 Å². The van der Waals surface area contributed by atoms with Gasteiger partial charge in [0.25, 0.3) is 11.8 Å². The van der Waals surface area contributed by atoms with Gasteiger partial charge in [0.2, 0.25) is 41.4 Å². The molecule has 26 heteroatoms. The monoisotopic (exact) mass is 1280 g/mol. The number of likely N-dealkylation sites (tertiary alicyclic amines) is 1. The first-order valence-corrected chi connectivity index (χ1v) is 33.0. The number of likely N-dealkylation sites (N-methyl/N-ethyl adjacent to an activating group) is 1. The Hall–Kier alpha value is -7.46. The molecule has 0 spiro atoms. The van der Waals surface area contributed by atoms with E-state index in [1.807, 2.05) is 54.2 Å². The molecule has 0 bridgehead atoms. The summed E-state index contributed by atoms with van der Waals surface area (Å²) in [5, 5.41) is 11.0. The molecule has 22 nitrogen and oxygen atoms in total. The fourth-order valence-corrected chi connectivity index (χ4v) is 14.0. The van der Waals surface area contributed by atoms with Crippen LogP contribution in [0.15, 0.2) is 66.7 Å². The maximum Gasteiger partial charge on any atom is 0.399 e. The number of thiophene rings is 1. The molecule has 9 amide bonds. The third kappa shape index (κ3) is 15.6. The van der Waals surface area contributed by atoms with Crippen LogP contribution in [0.4, 0.5) is 8.78 Å². The Bertz CT molecular complexity index is 3550. The molecule has 3 aromatic carbocycles. The van der Waals surface area contributed by atoms with Crippen molar-refractivity contribution in [2.75, 3.05) is 53.4 Å². The molecule has 1 aromatic heterocycles. The molecule has 5 aliphatic heterocycles. The molecule has 0 radical (unpaired) electrons. The Morgan fingerprint density at radius 2 is 1.61 bits per heavy atom. The number of rotatable bonds is 20. The number of carbonyl (C=O) groups excluding carboxylic acids is 9. The summed E-state index contributed by atoms with van der Waals surface area (Å²) in [6.45, 7) is 8.94. The molecule has 4 aromatic rings. The summed E-state index contributed by atoms with van der Waals surface area (Å²) >= 11 is 0.931. The minimum Gasteiger partial charge on any atom is -0.370 e. The smallest absolute Gasteiger partial charge is 0.370 e. The number of carbonyl (C=O) groups is 9. The number of hydrogen-bond acceptors (Lipinski definition) is 13. The molecule has 4 saturated heterocycles. The molecule has 0 aliphatic carbocycles. The van der Waals surface area contributed by atoms with Crippen LogP contribution in [0, 0.1) is 17.8 Å². The van der Waals surface area contributed by atoms with Crippen LogP contribution in [0.5, 0.6) is 0 Å². The van der Waals surface area contributed by atoms with Gasteiger partial charge in [-0.25, -0.2) is 0 Å². The quantitative estimate of drug-likeness (QED) is 0.0365. The van der Waals surface area contributed by atoms with E-state index in [4.69, 9.17) is 5.73 Å². The van der Waals surface area contributed by atoms with Crippen LogP contribution in [-0.2, 0) is 62.2 Å². The van der Waals surface area contributed by atoms with Crippen molar-refractivity contribution in [3.05, 3.63) is 105 Å². The lowest BCUT2D eigenvalue weighted by Crippen LogP contribution is -2.62. The van der Waals surface area contributed by atoms with Gasteiger partial charge in [0, 0.05) is 98.9 Å². The first-order valence-electron chi connectivity index (χ1n) is 30.6. The lowest BCUT2D eigenvalue weighted by molar-refractivity contribution is -0.144. The summed E-state index contributed by atoms with van der Waals surface area (Å²) in [5.74, 6) is 1.83. The van der Waals surface area contributed by atoms with Gasteiger partial charge in [-0.05, 0) is 129 Å². The van der Waals surface area contributed by atoms with Crippen LogP contribution in [0.3, 0.4) is 0 Å². The van der Waals surface area contributed by atoms with E-state index in [2.05, 4.69) is 53.9 Å². The molecular formula is C64H79F2N10O12PS. The summed E-state index contributed by atoms with van der Waals surface area (Å²) in [5.41, 5.74) is 3.80. The summed E-state index contributed by atoms with van der Waals surface area (Å²) in [7, 11) is -2.08. The van der Waals surface area contributed by atoms with E-state index in [-0.39, 0.29) is 90.9 Å². The van der Waals surface area contributed by atoms with Gasteiger partial charge in [0.05, 0.1) is 4.88 Å². The zero-order valence-corrected chi connectivity index (χ0v) is 52.9. The summed E-state index contributed by atoms with van der Waals surface area (Å²) in [4.78, 5) is 151. The normalized spacial score (nSPS) is 21.0. The molecule has 3 unspecified atom stereocenters. The van der Waals surface area contributed by atoms with Crippen LogP contribution >= 0.6 is 18.9 Å². The highest BCUT2D eigenvalue weighted by molar-refractivity contribution is 7.52. The van der Waals surface area contributed by atoms with Crippen LogP contribution in [0.1, 0.15) is 139 Å². The number of imide groups is 1. The first kappa shape index (κ1) is 66.9. The Labute approximate surface area is 525 Å². The molecule has 482 valence electrons. The van der Waals surface area contributed by atoms with Crippen molar-refractivity contribution in [3.8, 4) is 11.8 Å². The zero-order valence-electron chi connectivity index (χ0n) is 51.2. The molecule has 9 rings (SSSR count). The molecule has 4 fully saturated rings. The van der Waals surface area contributed by atoms with Crippen LogP contribution in [0.2, 0.25) is 0 Å². The van der Waals surface area contributed by atoms with Crippen molar-refractivity contribution >= 4 is 82.2 Å². The van der Waals surface area contributed by atoms with Crippen LogP contribution in [-0.4, -0.2) is 177 Å². The van der Waals surface area contributed by atoms with E-state index in [0.717, 1.165) is 46.6 Å². The number of halogens is 2. The van der Waals surface area contributed by atoms with E-state index in [1.165, 1.54) is 21.9 Å². The number of piperidine rings is 2. The van der Waals surface area contributed by atoms with Crippen molar-refractivity contribution in [3.63, 3.8) is 0 Å². The average molecular weight is 1280 g/mol. The van der Waals surface area contributed by atoms with Gasteiger partial charge in [-0.2, -0.15) is 8.78 Å². The number of alkyl halides is 2. The SMILES string of the molecule is CN(C)CCN1CC[C@H]2CC[C@@H](C(=O)NC(CCC(N)=O)C(=O)NC(Cc3ccc(C(C)(C)C)cc3)C(=O)N3CCC(CCC#Cc4cccc5c4CN(C4CCC(=O)NC4=O)C5=O)CC3)N2C(=O)[C@@H](NC(=O)c2cc3cc(C(F)(F)P(=O)(O)O)ccc3s2)C1. The molecule has 6 atom stereocenters. The lowest BCUT2D eigenvalue weighted by Gasteiger charge is -2.39. The standard InChI is InChI=1S/C64H79F2N10O12PS/c1-63(2,3)42-15-13-39(14-16-42)33-48(61(84)74-29-25-38(26-30-74)9-6-7-10-40-11-8-12-45-46(40)36-75(60(45)83)50-21-24-55(78)71-57(50)80)69-56(79)47(19-23-54(67)77)68-58(81)51-20-18-44-27-28-73(32-31-72(4)5)37-49(62(85)76(44)51)70-59(82)53-35-41-34-43(17-22-52(41)90-53)64(65,66)89(86,87)88/h8,11-17,22,34-35,38,44,47-51H,6,9,18-21,23-33,36-37H2,1-5H3,(H2,67,77)(H,68,81)(H,69,79)(H,70,82)(H,71,78,80)(H2,86,87,88)/t44-,47?,48?,49+,50?,51+/m1/s1. The van der Waals surface area contributed by atoms with Gasteiger partial charge in [-0.15, -0.1) is 11.3 Å². The minimum absolute atomic E-state index is 0.0330. The molecule has 5 aliphatic rings. The number of nitrogens with two attached hydrogens (primary N) is 1. The molecule has 0 saturated carbocycles. The molecule has 6 heterocycles. The van der Waals surface area contributed by atoms with E-state index in [1.54, 1.807) is 17.0 Å². The Morgan fingerprint density at radius 3 is 2.29 bits per heavy atom. The number of nitrogens with one attached hydrogen (secondary N) is 4. The van der Waals surface area contributed by atoms with Crippen molar-refractivity contribution in [2.45, 2.75) is 152 Å². The van der Waals surface area contributed by atoms with E-state index >= 15 is 0 Å². The number of benzene rings is 3. The van der Waals surface area contributed by atoms with Crippen LogP contribution < -0.4 is 27.0 Å². The topological polar surface area (TPSA) is 302 Å². The molecular weight excluding hydrogens is 1200 g/mol. The second-order valence-electron chi connectivity index (χ2n) is 25.5. The van der Waals surface area contributed by atoms with E-state index in [9.17, 15) is 66.3 Å². The lowest BCUT2D eigenvalue weighted by atomic mass is 9.86. The average Bonchev–Trinajstić information content (AvgIpc) is 1.88. The molecule has 90 heavy (non-hydrogen) atoms. The second-order valence-corrected chi connectivity index (χ2v) is 28.2. The number of amides is 9. The summed E-state index contributed by atoms with van der Waals surface area (Å²) < 4.78 is 41.5. The number of nitrogens with zero attached hydrogens (tertiary/aromatic N) is 5. The Balaban J connectivity index is 0.878. The summed E-state index contributed by atoms with van der Waals surface area (Å²) in [6, 6.07) is 11.4. The number of fused-ring (bicyclic) bond motifs is 3. The number of primary amides is 1. The third-order valence-corrected chi connectivity index (χ3v) is 19.9. The first-order chi connectivity index (χ1) is 42.6. The highest BCUT2D eigenvalue weighted by Gasteiger charge is 2.51. The van der Waals surface area contributed by atoms with Gasteiger partial charge in [0.15, 0.2) is 0 Å². The van der Waals surface area contributed by atoms with Crippen molar-refractivity contribution < 1.29 is 66.3 Å². The van der Waals surface area contributed by atoms with Gasteiger partial charge in [-0.3, -0.25) is 57.9 Å². The minimum atomic E-state index is -5.89. The van der Waals surface area contributed by atoms with Gasteiger partial charge in [-0.1, -0.05) is 69.0 Å². The predicted molar refractivity (Wildman–Crippen MR) is 331 cm³/mol. The van der Waals surface area contributed by atoms with Gasteiger partial charge >= 0.3 is 13.3 Å². The fraction of sp³-hybridized carbons (Fsp3) is 0.516. The highest BCUT2D eigenvalue weighted by Crippen LogP contribution is 2.59. The largest absolute Gasteiger partial charge is 0.399 e. The van der Waals surface area contributed by atoms with Crippen LogP contribution in [0.25, 0.3) is 10.1 Å². The third-order valence-electron chi connectivity index (χ3n) is 17.8. The van der Waals surface area contributed by atoms with Gasteiger partial charge < -0.3 is 51.1 Å². The van der Waals surface area contributed by atoms with Crippen molar-refractivity contribution in [2.24, 2.45) is 11.7 Å². The zero-order chi connectivity index (χ0) is 65.0. The highest BCUT2D eigenvalue weighted by atomic mass is 32.1. The summed E-state index contributed by atoms with van der Waals surface area (Å²) in [6.07, 6.45) is 3.67. The van der Waals surface area contributed by atoms with Gasteiger partial charge in [0.1, 0.15) is 30.2 Å². The maximum atomic E-state index is 15.0.